The number of hydrogen-bond donors (Lipinski definition) is 1. The van der Waals surface area contributed by atoms with E-state index in [1.807, 2.05) is 22.6 Å². The highest BCUT2D eigenvalue weighted by molar-refractivity contribution is 14.1. The fourth-order valence-corrected chi connectivity index (χ4v) is 0.864. The topological polar surface area (TPSA) is 55.2 Å². The van der Waals surface area contributed by atoms with Crippen LogP contribution in [0.15, 0.2) is 12.4 Å². The summed E-state index contributed by atoms with van der Waals surface area (Å²) in [4.78, 5) is 7.77. The van der Waals surface area contributed by atoms with E-state index in [0.717, 1.165) is 0 Å². The molecule has 0 saturated carbocycles. The van der Waals surface area contributed by atoms with Crippen molar-refractivity contribution in [3.8, 4) is 0 Å². The lowest BCUT2D eigenvalue weighted by Gasteiger charge is -2.06. The number of methoxy groups -OCH3 is 1. The molecule has 5 heteroatoms. The van der Waals surface area contributed by atoms with Crippen molar-refractivity contribution in [1.29, 1.82) is 0 Å². The number of hydrogen-bond acceptors (Lipinski definition) is 4. The second-order valence-electron chi connectivity index (χ2n) is 1.87. The Hall–Kier alpha value is -0.270. The lowest BCUT2D eigenvalue weighted by atomic mass is 10.3. The molecule has 0 amide bonds. The number of rotatable bonds is 2. The molecule has 1 rings (SSSR count). The fraction of sp³-hybridized carbons (Fsp3) is 0.333. The number of aliphatic hydroxyl groups excluding tert-OH is 1. The van der Waals surface area contributed by atoms with Gasteiger partial charge in [-0.15, -0.1) is 0 Å². The van der Waals surface area contributed by atoms with Gasteiger partial charge < -0.3 is 9.84 Å². The molecule has 1 unspecified atom stereocenters. The first-order valence-corrected chi connectivity index (χ1v) is 4.00. The zero-order chi connectivity index (χ0) is 8.27. The molecule has 1 atom stereocenters. The van der Waals surface area contributed by atoms with Crippen molar-refractivity contribution >= 4 is 22.6 Å². The summed E-state index contributed by atoms with van der Waals surface area (Å²) in [6, 6.07) is 0. The molecule has 1 N–H and O–H groups in total. The van der Waals surface area contributed by atoms with Crippen molar-refractivity contribution in [2.24, 2.45) is 0 Å². The molecule has 1 heterocycles. The van der Waals surface area contributed by atoms with E-state index in [0.29, 0.717) is 9.39 Å². The van der Waals surface area contributed by atoms with Gasteiger partial charge in [-0.3, -0.25) is 0 Å². The Morgan fingerprint density at radius 3 is 2.55 bits per heavy atom. The van der Waals surface area contributed by atoms with Crippen LogP contribution in [0.5, 0.6) is 0 Å². The Morgan fingerprint density at radius 2 is 2.09 bits per heavy atom. The minimum atomic E-state index is -0.924. The maximum absolute atomic E-state index is 9.12. The second-order valence-corrected chi connectivity index (χ2v) is 2.84. The third-order valence-corrected chi connectivity index (χ3v) is 1.71. The van der Waals surface area contributed by atoms with Gasteiger partial charge in [0, 0.05) is 47.7 Å². The first-order chi connectivity index (χ1) is 5.24. The predicted molar refractivity (Wildman–Crippen MR) is 46.7 cm³/mol. The number of nitrogens with zero attached hydrogens (tertiary/aromatic N) is 2. The van der Waals surface area contributed by atoms with Crippen LogP contribution < -0.4 is 0 Å². The van der Waals surface area contributed by atoms with Gasteiger partial charge in [-0.25, -0.2) is 9.97 Å². The average molecular weight is 266 g/mol. The average Bonchev–Trinajstić information content (AvgIpc) is 2.05. The number of ether oxygens (including phenoxy) is 1. The summed E-state index contributed by atoms with van der Waals surface area (Å²) >= 11 is 1.99. The van der Waals surface area contributed by atoms with Crippen LogP contribution in [-0.4, -0.2) is 22.2 Å². The van der Waals surface area contributed by atoms with Crippen molar-refractivity contribution in [2.45, 2.75) is 6.29 Å². The molecule has 0 spiro atoms. The van der Waals surface area contributed by atoms with E-state index in [4.69, 9.17) is 5.11 Å². The van der Waals surface area contributed by atoms with Crippen LogP contribution >= 0.6 is 22.6 Å². The molecule has 1 aromatic heterocycles. The Bertz CT molecular complexity index is 227. The van der Waals surface area contributed by atoms with Gasteiger partial charge in [0.15, 0.2) is 10.1 Å². The SMILES string of the molecule is COC(O)c1cnc(I)nc1. The molecule has 4 nitrogen and oxygen atoms in total. The van der Waals surface area contributed by atoms with Gasteiger partial charge in [0.05, 0.1) is 0 Å². The zero-order valence-corrected chi connectivity index (χ0v) is 8.02. The maximum Gasteiger partial charge on any atom is 0.190 e. The summed E-state index contributed by atoms with van der Waals surface area (Å²) in [6.07, 6.45) is 2.14. The van der Waals surface area contributed by atoms with Gasteiger partial charge in [-0.1, -0.05) is 0 Å². The van der Waals surface area contributed by atoms with E-state index in [2.05, 4.69) is 14.7 Å². The summed E-state index contributed by atoms with van der Waals surface area (Å²) in [5.74, 6) is 0. The van der Waals surface area contributed by atoms with Crippen molar-refractivity contribution in [3.63, 3.8) is 0 Å². The normalized spacial score (nSPS) is 13.0. The lowest BCUT2D eigenvalue weighted by molar-refractivity contribution is -0.0773. The first kappa shape index (κ1) is 8.82. The van der Waals surface area contributed by atoms with Gasteiger partial charge in [0.2, 0.25) is 0 Å². The molecule has 0 aliphatic carbocycles. The summed E-state index contributed by atoms with van der Waals surface area (Å²) in [5, 5.41) is 9.12. The summed E-state index contributed by atoms with van der Waals surface area (Å²) in [6.45, 7) is 0. The molecule has 0 radical (unpaired) electrons. The van der Waals surface area contributed by atoms with E-state index in [9.17, 15) is 0 Å². The second kappa shape index (κ2) is 3.93. The smallest absolute Gasteiger partial charge is 0.190 e. The fourth-order valence-electron chi connectivity index (χ4n) is 0.586. The summed E-state index contributed by atoms with van der Waals surface area (Å²) < 4.78 is 5.30. The van der Waals surface area contributed by atoms with Gasteiger partial charge in [0.1, 0.15) is 0 Å². The van der Waals surface area contributed by atoms with Crippen LogP contribution in [0.2, 0.25) is 0 Å². The highest BCUT2D eigenvalue weighted by Crippen LogP contribution is 2.10. The Balaban J connectivity index is 2.81. The van der Waals surface area contributed by atoms with Crippen LogP contribution in [0.25, 0.3) is 0 Å². The van der Waals surface area contributed by atoms with Gasteiger partial charge >= 0.3 is 0 Å². The Labute approximate surface area is 77.8 Å². The van der Waals surface area contributed by atoms with E-state index in [-0.39, 0.29) is 0 Å². The van der Waals surface area contributed by atoms with Crippen molar-refractivity contribution in [2.75, 3.05) is 7.11 Å². The molecular formula is C6H7IN2O2. The van der Waals surface area contributed by atoms with Crippen molar-refractivity contribution in [3.05, 3.63) is 21.8 Å². The molecule has 0 aliphatic rings. The monoisotopic (exact) mass is 266 g/mol. The lowest BCUT2D eigenvalue weighted by Crippen LogP contribution is -2.01. The third-order valence-electron chi connectivity index (χ3n) is 1.15. The molecule has 0 aliphatic heterocycles. The zero-order valence-electron chi connectivity index (χ0n) is 5.86. The molecule has 1 aromatic rings. The van der Waals surface area contributed by atoms with Crippen molar-refractivity contribution in [1.82, 2.24) is 9.97 Å². The van der Waals surface area contributed by atoms with Gasteiger partial charge in [0.25, 0.3) is 0 Å². The summed E-state index contributed by atoms with van der Waals surface area (Å²) in [7, 11) is 1.42. The van der Waals surface area contributed by atoms with E-state index in [1.165, 1.54) is 19.5 Å². The van der Waals surface area contributed by atoms with Crippen LogP contribution in [-0.2, 0) is 4.74 Å². The minimum absolute atomic E-state index is 0.563. The first-order valence-electron chi connectivity index (χ1n) is 2.92. The standard InChI is InChI=1S/C6H7IN2O2/c1-11-5(10)4-2-8-6(7)9-3-4/h2-3,5,10H,1H3. The quantitative estimate of drug-likeness (QED) is 0.487. The van der Waals surface area contributed by atoms with E-state index >= 15 is 0 Å². The minimum Gasteiger partial charge on any atom is -0.364 e. The van der Waals surface area contributed by atoms with Crippen LogP contribution in [0.1, 0.15) is 11.9 Å². The van der Waals surface area contributed by atoms with Crippen LogP contribution in [0.4, 0.5) is 0 Å². The largest absolute Gasteiger partial charge is 0.364 e. The van der Waals surface area contributed by atoms with Crippen LogP contribution in [0, 0.1) is 3.83 Å². The maximum atomic E-state index is 9.12. The van der Waals surface area contributed by atoms with E-state index in [1.54, 1.807) is 0 Å². The molecule has 0 saturated heterocycles. The number of aliphatic hydroxyl groups is 1. The number of aromatic nitrogens is 2. The predicted octanol–water partition coefficient (Wildman–Crippen LogP) is 0.718. The van der Waals surface area contributed by atoms with Gasteiger partial charge in [-0.2, -0.15) is 0 Å². The molecule has 60 valence electrons. The van der Waals surface area contributed by atoms with E-state index < -0.39 is 6.29 Å². The summed E-state index contributed by atoms with van der Waals surface area (Å²) in [5.41, 5.74) is 0.563. The molecule has 0 bridgehead atoms. The molecular weight excluding hydrogens is 259 g/mol. The highest BCUT2D eigenvalue weighted by Gasteiger charge is 2.05. The molecule has 0 aromatic carbocycles. The molecule has 0 fully saturated rings. The van der Waals surface area contributed by atoms with Crippen molar-refractivity contribution < 1.29 is 9.84 Å². The van der Waals surface area contributed by atoms with Gasteiger partial charge in [-0.05, 0) is 0 Å². The highest BCUT2D eigenvalue weighted by atomic mass is 127. The number of halogens is 1. The Morgan fingerprint density at radius 1 is 1.55 bits per heavy atom. The Kier molecular flexibility index (Phi) is 3.16. The third kappa shape index (κ3) is 2.35. The van der Waals surface area contributed by atoms with Crippen LogP contribution in [0.3, 0.4) is 0 Å². The molecule has 11 heavy (non-hydrogen) atoms.